The third-order valence-electron chi connectivity index (χ3n) is 5.88. The molecule has 0 bridgehead atoms. The highest BCUT2D eigenvalue weighted by atomic mass is 32.1. The third kappa shape index (κ3) is 5.08. The summed E-state index contributed by atoms with van der Waals surface area (Å²) in [5, 5.41) is 13.8. The molecule has 0 radical (unpaired) electrons. The number of piperidine rings is 1. The van der Waals surface area contributed by atoms with Crippen LogP contribution in [0, 0.1) is 11.3 Å². The van der Waals surface area contributed by atoms with Crippen molar-refractivity contribution in [2.24, 2.45) is 0 Å². The lowest BCUT2D eigenvalue weighted by Gasteiger charge is -2.27. The predicted octanol–water partition coefficient (Wildman–Crippen LogP) is 1.13. The van der Waals surface area contributed by atoms with Crippen molar-refractivity contribution in [2.45, 2.75) is 18.9 Å². The van der Waals surface area contributed by atoms with Crippen molar-refractivity contribution in [3.63, 3.8) is 0 Å². The fraction of sp³-hybridized carbons (Fsp3) is 0.200. The van der Waals surface area contributed by atoms with E-state index < -0.39 is 54.8 Å². The summed E-state index contributed by atoms with van der Waals surface area (Å²) in [4.78, 5) is 79.1. The molecule has 1 fully saturated rings. The van der Waals surface area contributed by atoms with Gasteiger partial charge in [0.05, 0.1) is 27.0 Å². The maximum Gasteiger partial charge on any atom is 0.337 e. The highest BCUT2D eigenvalue weighted by molar-refractivity contribution is 7.19. The minimum atomic E-state index is -1.14. The first kappa shape index (κ1) is 25.6. The van der Waals surface area contributed by atoms with Crippen LogP contribution in [0.15, 0.2) is 36.4 Å². The Morgan fingerprint density at radius 3 is 2.74 bits per heavy atom. The van der Waals surface area contributed by atoms with Crippen LogP contribution >= 0.6 is 11.3 Å². The zero-order valence-electron chi connectivity index (χ0n) is 19.9. The minimum absolute atomic E-state index is 0.000302. The second kappa shape index (κ2) is 10.4. The fourth-order valence-electron chi connectivity index (χ4n) is 4.21. The number of aromatic nitrogens is 1. The first-order valence-electron chi connectivity index (χ1n) is 11.5. The number of carbonyl (C=O) groups excluding carboxylic acids is 6. The molecule has 39 heavy (non-hydrogen) atoms. The summed E-state index contributed by atoms with van der Waals surface area (Å²) in [5.41, 5.74) is 0.453. The number of ether oxygens (including phenoxy) is 2. The maximum atomic E-state index is 13.1. The number of rotatable bonds is 7. The number of nitriles is 1. The average molecular weight is 548 g/mol. The molecule has 13 nitrogen and oxygen atoms in total. The molecule has 0 saturated carbocycles. The van der Waals surface area contributed by atoms with Crippen molar-refractivity contribution in [2.75, 3.05) is 18.5 Å². The third-order valence-corrected chi connectivity index (χ3v) is 6.82. The van der Waals surface area contributed by atoms with Crippen LogP contribution in [-0.2, 0) is 23.9 Å². The van der Waals surface area contributed by atoms with E-state index in [2.05, 4.69) is 15.6 Å². The van der Waals surface area contributed by atoms with Gasteiger partial charge in [0.15, 0.2) is 5.01 Å². The summed E-state index contributed by atoms with van der Waals surface area (Å²) in [6.45, 7) is -1.12. The van der Waals surface area contributed by atoms with E-state index >= 15 is 0 Å². The van der Waals surface area contributed by atoms with Gasteiger partial charge in [-0.25, -0.2) is 9.78 Å². The maximum absolute atomic E-state index is 13.1. The number of nitrogens with one attached hydrogen (secondary N) is 2. The van der Waals surface area contributed by atoms with Gasteiger partial charge in [-0.3, -0.25) is 34.2 Å². The normalized spacial score (nSPS) is 16.6. The molecule has 1 atom stereocenters. The van der Waals surface area contributed by atoms with Crippen LogP contribution in [0.2, 0.25) is 0 Å². The van der Waals surface area contributed by atoms with E-state index in [1.165, 1.54) is 35.6 Å². The van der Waals surface area contributed by atoms with Crippen molar-refractivity contribution >= 4 is 62.7 Å². The van der Waals surface area contributed by atoms with Crippen LogP contribution < -0.4 is 15.4 Å². The SMILES string of the molecule is N#Cc1nc2cc(OC(=O)COCC(=O)Nc3cccc4c3C(=O)N(C3CCC(=O)NC3=O)C4=O)ccc2s1. The van der Waals surface area contributed by atoms with E-state index in [-0.39, 0.29) is 40.4 Å². The number of hydrogen-bond donors (Lipinski definition) is 2. The van der Waals surface area contributed by atoms with Gasteiger partial charge in [-0.05, 0) is 30.7 Å². The average Bonchev–Trinajstić information content (AvgIpc) is 3.42. The molecule has 0 spiro atoms. The minimum Gasteiger partial charge on any atom is -0.425 e. The molecule has 1 unspecified atom stereocenters. The van der Waals surface area contributed by atoms with Crippen LogP contribution in [0.4, 0.5) is 5.69 Å². The Balaban J connectivity index is 1.17. The van der Waals surface area contributed by atoms with E-state index in [4.69, 9.17) is 14.7 Å². The summed E-state index contributed by atoms with van der Waals surface area (Å²) in [6.07, 6.45) is -0.0188. The van der Waals surface area contributed by atoms with Gasteiger partial charge in [0.1, 0.15) is 31.1 Å². The largest absolute Gasteiger partial charge is 0.425 e. The Morgan fingerprint density at radius 2 is 1.97 bits per heavy atom. The smallest absolute Gasteiger partial charge is 0.337 e. The molecule has 1 aromatic heterocycles. The van der Waals surface area contributed by atoms with Gasteiger partial charge in [0, 0.05) is 12.5 Å². The summed E-state index contributed by atoms with van der Waals surface area (Å²) in [6, 6.07) is 9.79. The van der Waals surface area contributed by atoms with Crippen LogP contribution in [0.5, 0.6) is 5.75 Å². The Hall–Kier alpha value is -5.00. The van der Waals surface area contributed by atoms with Gasteiger partial charge in [0.2, 0.25) is 17.7 Å². The fourth-order valence-corrected chi connectivity index (χ4v) is 4.96. The number of carbonyl (C=O) groups is 6. The molecule has 0 aliphatic carbocycles. The highest BCUT2D eigenvalue weighted by Gasteiger charge is 2.45. The second-order valence-corrected chi connectivity index (χ2v) is 9.48. The van der Waals surface area contributed by atoms with Gasteiger partial charge < -0.3 is 14.8 Å². The molecule has 2 aromatic carbocycles. The lowest BCUT2D eigenvalue weighted by atomic mass is 10.0. The molecule has 5 amide bonds. The number of fused-ring (bicyclic) bond motifs is 2. The zero-order valence-corrected chi connectivity index (χ0v) is 20.7. The van der Waals surface area contributed by atoms with E-state index in [1.807, 2.05) is 6.07 Å². The highest BCUT2D eigenvalue weighted by Crippen LogP contribution is 2.32. The quantitative estimate of drug-likeness (QED) is 0.247. The van der Waals surface area contributed by atoms with Gasteiger partial charge in [-0.1, -0.05) is 6.07 Å². The molecule has 2 N–H and O–H groups in total. The van der Waals surface area contributed by atoms with Gasteiger partial charge in [0.25, 0.3) is 11.8 Å². The predicted molar refractivity (Wildman–Crippen MR) is 133 cm³/mol. The number of hydrogen-bond acceptors (Lipinski definition) is 11. The standard InChI is InChI=1S/C25H17N5O8S/c26-9-20-28-15-8-12(4-6-17(15)39-20)38-21(33)11-37-10-19(32)27-14-3-1-2-13-22(14)25(36)30(24(13)35)16-5-7-18(31)29-23(16)34/h1-4,6,8,16H,5,7,10-11H2,(H,27,32)(H,29,31,34). The Labute approximate surface area is 223 Å². The Bertz CT molecular complexity index is 1620. The van der Waals surface area contributed by atoms with Gasteiger partial charge in [-0.2, -0.15) is 5.26 Å². The first-order valence-corrected chi connectivity index (χ1v) is 12.3. The molecular formula is C25H17N5O8S. The first-order chi connectivity index (χ1) is 18.7. The molecular weight excluding hydrogens is 530 g/mol. The van der Waals surface area contributed by atoms with Crippen molar-refractivity contribution in [1.82, 2.24) is 15.2 Å². The van der Waals surface area contributed by atoms with E-state index in [9.17, 15) is 28.8 Å². The molecule has 3 aromatic rings. The zero-order chi connectivity index (χ0) is 27.7. The number of imide groups is 2. The molecule has 1 saturated heterocycles. The molecule has 2 aliphatic heterocycles. The molecule has 3 heterocycles. The Kier molecular flexibility index (Phi) is 6.84. The number of benzene rings is 2. The van der Waals surface area contributed by atoms with E-state index in [0.29, 0.717) is 5.52 Å². The number of thiazole rings is 1. The van der Waals surface area contributed by atoms with Crippen molar-refractivity contribution in [3.8, 4) is 11.8 Å². The Morgan fingerprint density at radius 1 is 1.15 bits per heavy atom. The molecule has 2 aliphatic rings. The topological polar surface area (TPSA) is 185 Å². The number of amides is 5. The monoisotopic (exact) mass is 547 g/mol. The van der Waals surface area contributed by atoms with Gasteiger partial charge in [-0.15, -0.1) is 11.3 Å². The van der Waals surface area contributed by atoms with Crippen LogP contribution in [0.3, 0.4) is 0 Å². The van der Waals surface area contributed by atoms with Gasteiger partial charge >= 0.3 is 5.97 Å². The lowest BCUT2D eigenvalue weighted by molar-refractivity contribution is -0.140. The second-order valence-electron chi connectivity index (χ2n) is 8.45. The summed E-state index contributed by atoms with van der Waals surface area (Å²) in [7, 11) is 0. The summed E-state index contributed by atoms with van der Waals surface area (Å²) in [5.74, 6) is -4.01. The molecule has 14 heteroatoms. The number of anilines is 1. The number of nitrogens with zero attached hydrogens (tertiary/aromatic N) is 3. The number of esters is 1. The lowest BCUT2D eigenvalue weighted by Crippen LogP contribution is -2.54. The van der Waals surface area contributed by atoms with Crippen molar-refractivity contribution in [1.29, 1.82) is 5.26 Å². The van der Waals surface area contributed by atoms with Crippen molar-refractivity contribution in [3.05, 3.63) is 52.5 Å². The van der Waals surface area contributed by atoms with Crippen LogP contribution in [0.1, 0.15) is 38.6 Å². The van der Waals surface area contributed by atoms with Crippen LogP contribution in [-0.4, -0.2) is 64.6 Å². The molecule has 5 rings (SSSR count). The summed E-state index contributed by atoms with van der Waals surface area (Å²) < 4.78 is 11.1. The molecule has 196 valence electrons. The summed E-state index contributed by atoms with van der Waals surface area (Å²) >= 11 is 1.20. The van der Waals surface area contributed by atoms with Crippen molar-refractivity contribution < 1.29 is 38.2 Å². The van der Waals surface area contributed by atoms with E-state index in [1.54, 1.807) is 12.1 Å². The van der Waals surface area contributed by atoms with Crippen LogP contribution in [0.25, 0.3) is 10.2 Å². The van der Waals surface area contributed by atoms with E-state index in [0.717, 1.165) is 9.60 Å².